The first-order valence-electron chi connectivity index (χ1n) is 7.05. The van der Waals surface area contributed by atoms with Gasteiger partial charge in [0, 0.05) is 17.1 Å². The van der Waals surface area contributed by atoms with E-state index in [1.54, 1.807) is 12.4 Å². The van der Waals surface area contributed by atoms with Crippen LogP contribution in [-0.4, -0.2) is 23.0 Å². The fraction of sp³-hybridized carbons (Fsp3) is 0.176. The lowest BCUT2D eigenvalue weighted by Crippen LogP contribution is -2.16. The van der Waals surface area contributed by atoms with Gasteiger partial charge < -0.3 is 4.98 Å². The molecule has 0 unspecified atom stereocenters. The molecule has 1 N–H and O–H groups in total. The predicted molar refractivity (Wildman–Crippen MR) is 94.6 cm³/mol. The van der Waals surface area contributed by atoms with E-state index in [0.717, 1.165) is 22.2 Å². The van der Waals surface area contributed by atoms with Crippen molar-refractivity contribution in [1.29, 1.82) is 0 Å². The van der Waals surface area contributed by atoms with Crippen LogP contribution in [0.3, 0.4) is 0 Å². The topological polar surface area (TPSA) is 41.6 Å². The van der Waals surface area contributed by atoms with E-state index in [-0.39, 0.29) is 0 Å². The van der Waals surface area contributed by atoms with Crippen molar-refractivity contribution in [2.75, 3.05) is 0 Å². The molecule has 0 aliphatic heterocycles. The normalized spacial score (nSPS) is 11.3. The third kappa shape index (κ3) is 3.06. The van der Waals surface area contributed by atoms with Gasteiger partial charge in [-0.3, -0.25) is 4.98 Å². The highest BCUT2D eigenvalue weighted by Gasteiger charge is 2.10. The zero-order chi connectivity index (χ0) is 15.7. The first kappa shape index (κ1) is 14.8. The highest BCUT2D eigenvalue weighted by molar-refractivity contribution is 6.83. The minimum Gasteiger partial charge on any atom is -0.360 e. The molecular weight excluding hydrogens is 310 g/mol. The maximum atomic E-state index is 6.19. The zero-order valence-corrected chi connectivity index (χ0v) is 14.5. The van der Waals surface area contributed by atoms with Crippen molar-refractivity contribution in [3.63, 3.8) is 0 Å². The Bertz CT molecular complexity index is 880. The molecular formula is C17H16ClN3Si. The van der Waals surface area contributed by atoms with Crippen molar-refractivity contribution in [2.24, 2.45) is 0 Å². The third-order valence-electron chi connectivity index (χ3n) is 3.17. The van der Waals surface area contributed by atoms with Crippen LogP contribution in [0.1, 0.15) is 5.69 Å². The Balaban J connectivity index is 2.00. The number of hydrogen-bond acceptors (Lipinski definition) is 2. The molecule has 0 radical (unpaired) electrons. The van der Waals surface area contributed by atoms with Crippen molar-refractivity contribution in [1.82, 2.24) is 15.0 Å². The molecule has 0 saturated heterocycles. The van der Waals surface area contributed by atoms with Gasteiger partial charge in [0.2, 0.25) is 0 Å². The van der Waals surface area contributed by atoms with Gasteiger partial charge in [-0.05, 0) is 12.1 Å². The Kier molecular flexibility index (Phi) is 3.77. The number of hydrogen-bond donors (Lipinski definition) is 1. The van der Waals surface area contributed by atoms with Crippen LogP contribution in [0, 0.1) is 11.5 Å². The molecule has 0 aliphatic carbocycles. The fourth-order valence-corrected chi connectivity index (χ4v) is 2.85. The Hall–Kier alpha value is -2.09. The second-order valence-corrected chi connectivity index (χ2v) is 11.3. The number of nitrogens with one attached hydrogen (secondary N) is 1. The zero-order valence-electron chi connectivity index (χ0n) is 12.7. The van der Waals surface area contributed by atoms with Gasteiger partial charge in [-0.2, -0.15) is 0 Å². The van der Waals surface area contributed by atoms with Crippen LogP contribution in [0.25, 0.3) is 22.2 Å². The summed E-state index contributed by atoms with van der Waals surface area (Å²) in [6, 6.07) is 5.84. The Labute approximate surface area is 135 Å². The molecule has 0 saturated carbocycles. The Morgan fingerprint density at radius 2 is 1.91 bits per heavy atom. The van der Waals surface area contributed by atoms with Crippen LogP contribution in [0.4, 0.5) is 0 Å². The highest BCUT2D eigenvalue weighted by atomic mass is 35.5. The molecule has 2 heterocycles. The van der Waals surface area contributed by atoms with Crippen molar-refractivity contribution in [3.05, 3.63) is 47.5 Å². The molecule has 1 aromatic carbocycles. The van der Waals surface area contributed by atoms with Gasteiger partial charge in [-0.15, -0.1) is 5.54 Å². The van der Waals surface area contributed by atoms with E-state index < -0.39 is 8.07 Å². The van der Waals surface area contributed by atoms with Crippen LogP contribution in [0.5, 0.6) is 0 Å². The molecule has 0 amide bonds. The number of aromatic nitrogens is 3. The van der Waals surface area contributed by atoms with Gasteiger partial charge >= 0.3 is 0 Å². The fourth-order valence-electron chi connectivity index (χ4n) is 2.13. The first-order valence-corrected chi connectivity index (χ1v) is 10.9. The molecule has 3 nitrogen and oxygen atoms in total. The number of fused-ring (bicyclic) bond motifs is 1. The van der Waals surface area contributed by atoms with Crippen LogP contribution in [0.2, 0.25) is 24.7 Å². The van der Waals surface area contributed by atoms with Crippen LogP contribution in [0.15, 0.2) is 36.8 Å². The number of benzene rings is 1. The first-order chi connectivity index (χ1) is 10.4. The molecule has 0 atom stereocenters. The van der Waals surface area contributed by atoms with Crippen molar-refractivity contribution >= 4 is 30.6 Å². The van der Waals surface area contributed by atoms with Crippen LogP contribution < -0.4 is 0 Å². The summed E-state index contributed by atoms with van der Waals surface area (Å²) >= 11 is 6.19. The Morgan fingerprint density at radius 1 is 1.09 bits per heavy atom. The van der Waals surface area contributed by atoms with Gasteiger partial charge in [0.1, 0.15) is 13.8 Å². The third-order valence-corrected chi connectivity index (χ3v) is 4.36. The summed E-state index contributed by atoms with van der Waals surface area (Å²) in [5.74, 6) is 3.12. The molecule has 0 fully saturated rings. The maximum absolute atomic E-state index is 6.19. The van der Waals surface area contributed by atoms with Crippen LogP contribution >= 0.6 is 11.6 Å². The standard InChI is InChI=1S/C17H16ClN3Si/c1-22(2,3)9-7-12-10-21-16(11-20-12)13-4-5-15(18)17-14(13)6-8-19-17/h4-6,8,10-11,19H,1-3H3. The molecule has 0 spiro atoms. The maximum Gasteiger partial charge on any atom is 0.130 e. The largest absolute Gasteiger partial charge is 0.360 e. The predicted octanol–water partition coefficient (Wildman–Crippen LogP) is 4.51. The van der Waals surface area contributed by atoms with Crippen LogP contribution in [-0.2, 0) is 0 Å². The van der Waals surface area contributed by atoms with E-state index in [2.05, 4.69) is 46.1 Å². The highest BCUT2D eigenvalue weighted by Crippen LogP contribution is 2.30. The molecule has 22 heavy (non-hydrogen) atoms. The van der Waals surface area contributed by atoms with E-state index >= 15 is 0 Å². The van der Waals surface area contributed by atoms with Gasteiger partial charge in [0.25, 0.3) is 0 Å². The minimum atomic E-state index is -1.40. The van der Waals surface area contributed by atoms with E-state index in [1.807, 2.05) is 24.4 Å². The summed E-state index contributed by atoms with van der Waals surface area (Å²) < 4.78 is 0. The monoisotopic (exact) mass is 325 g/mol. The van der Waals surface area contributed by atoms with Gasteiger partial charge in [0.15, 0.2) is 0 Å². The van der Waals surface area contributed by atoms with Crippen molar-refractivity contribution in [3.8, 4) is 22.7 Å². The lowest BCUT2D eigenvalue weighted by atomic mass is 10.1. The lowest BCUT2D eigenvalue weighted by Gasteiger charge is -2.05. The lowest BCUT2D eigenvalue weighted by molar-refractivity contribution is 1.18. The van der Waals surface area contributed by atoms with E-state index in [9.17, 15) is 0 Å². The van der Waals surface area contributed by atoms with Crippen molar-refractivity contribution in [2.45, 2.75) is 19.6 Å². The number of rotatable bonds is 1. The number of halogens is 1. The molecule has 5 heteroatoms. The summed E-state index contributed by atoms with van der Waals surface area (Å²) in [5, 5.41) is 1.75. The average molecular weight is 326 g/mol. The minimum absolute atomic E-state index is 0.703. The SMILES string of the molecule is C[Si](C)(C)C#Cc1cnc(-c2ccc(Cl)c3[nH]ccc23)cn1. The average Bonchev–Trinajstić information content (AvgIpc) is 2.96. The summed E-state index contributed by atoms with van der Waals surface area (Å²) in [6.45, 7) is 6.62. The van der Waals surface area contributed by atoms with Gasteiger partial charge in [-0.25, -0.2) is 4.98 Å². The summed E-state index contributed by atoms with van der Waals surface area (Å²) in [5.41, 5.74) is 6.76. The quantitative estimate of drug-likeness (QED) is 0.528. The summed E-state index contributed by atoms with van der Waals surface area (Å²) in [7, 11) is -1.40. The van der Waals surface area contributed by atoms with E-state index in [1.165, 1.54) is 0 Å². The van der Waals surface area contributed by atoms with Gasteiger partial charge in [-0.1, -0.05) is 43.2 Å². The molecule has 0 aliphatic rings. The summed E-state index contributed by atoms with van der Waals surface area (Å²) in [4.78, 5) is 12.1. The molecule has 3 aromatic rings. The second kappa shape index (κ2) is 5.60. The van der Waals surface area contributed by atoms with Gasteiger partial charge in [0.05, 0.1) is 28.6 Å². The molecule has 3 rings (SSSR count). The molecule has 0 bridgehead atoms. The number of nitrogens with zero attached hydrogens (tertiary/aromatic N) is 2. The molecule has 2 aromatic heterocycles. The summed E-state index contributed by atoms with van der Waals surface area (Å²) in [6.07, 6.45) is 5.38. The molecule has 110 valence electrons. The van der Waals surface area contributed by atoms with E-state index in [0.29, 0.717) is 10.7 Å². The second-order valence-electron chi connectivity index (χ2n) is 6.15. The smallest absolute Gasteiger partial charge is 0.130 e. The Morgan fingerprint density at radius 3 is 2.59 bits per heavy atom. The number of aromatic amines is 1. The van der Waals surface area contributed by atoms with Crippen molar-refractivity contribution < 1.29 is 0 Å². The van der Waals surface area contributed by atoms with E-state index in [4.69, 9.17) is 11.6 Å². The number of H-pyrrole nitrogens is 1.